The van der Waals surface area contributed by atoms with Gasteiger partial charge < -0.3 is 4.90 Å². The summed E-state index contributed by atoms with van der Waals surface area (Å²) in [6, 6.07) is 6.55. The van der Waals surface area contributed by atoms with Gasteiger partial charge in [-0.05, 0) is 55.2 Å². The Morgan fingerprint density at radius 1 is 1.04 bits per heavy atom. The van der Waals surface area contributed by atoms with E-state index in [1.165, 1.54) is 4.31 Å². The van der Waals surface area contributed by atoms with Gasteiger partial charge in [0.15, 0.2) is 0 Å². The van der Waals surface area contributed by atoms with E-state index in [0.29, 0.717) is 24.8 Å². The van der Waals surface area contributed by atoms with E-state index in [0.717, 1.165) is 37.9 Å². The van der Waals surface area contributed by atoms with Gasteiger partial charge >= 0.3 is 0 Å². The summed E-state index contributed by atoms with van der Waals surface area (Å²) >= 11 is 0. The molecular weight excluding hydrogens is 348 g/mol. The third kappa shape index (κ3) is 3.81. The molecule has 0 radical (unpaired) electrons. The highest BCUT2D eigenvalue weighted by Gasteiger charge is 2.41. The van der Waals surface area contributed by atoms with Crippen molar-refractivity contribution in [3.05, 3.63) is 29.8 Å². The van der Waals surface area contributed by atoms with Gasteiger partial charge in [-0.15, -0.1) is 0 Å². The predicted molar refractivity (Wildman–Crippen MR) is 102 cm³/mol. The van der Waals surface area contributed by atoms with Crippen molar-refractivity contribution in [2.75, 3.05) is 19.6 Å². The van der Waals surface area contributed by atoms with Crippen LogP contribution in [0.1, 0.15) is 57.9 Å². The molecular formula is C20H30N2O3S. The molecule has 2 aliphatic heterocycles. The van der Waals surface area contributed by atoms with Crippen LogP contribution < -0.4 is 0 Å². The Labute approximate surface area is 157 Å². The Hall–Kier alpha value is -1.40. The highest BCUT2D eigenvalue weighted by atomic mass is 32.2. The van der Waals surface area contributed by atoms with E-state index in [-0.39, 0.29) is 10.8 Å². The lowest BCUT2D eigenvalue weighted by molar-refractivity contribution is -0.135. The molecule has 2 heterocycles. The zero-order valence-electron chi connectivity index (χ0n) is 16.0. The fourth-order valence-corrected chi connectivity index (χ4v) is 5.53. The standard InChI is InChI=1S/C20H30N2O3S/c1-15(2)17-6-8-18(9-7-17)26(24,25)22-12-4-5-19(22)20(23)21-13-10-16(3)11-14-21/h6-9,15-16,19H,4-5,10-14H2,1-3H3/t19-/m1/s1. The van der Waals surface area contributed by atoms with Crippen LogP contribution in [0.3, 0.4) is 0 Å². The van der Waals surface area contributed by atoms with E-state index >= 15 is 0 Å². The van der Waals surface area contributed by atoms with Crippen LogP contribution in [-0.2, 0) is 14.8 Å². The topological polar surface area (TPSA) is 57.7 Å². The second-order valence-electron chi connectivity index (χ2n) is 8.01. The van der Waals surface area contributed by atoms with Crippen LogP contribution in [0.2, 0.25) is 0 Å². The van der Waals surface area contributed by atoms with Gasteiger partial charge in [-0.2, -0.15) is 4.31 Å². The normalized spacial score (nSPS) is 22.9. The number of hydrogen-bond donors (Lipinski definition) is 0. The monoisotopic (exact) mass is 378 g/mol. The van der Waals surface area contributed by atoms with Crippen molar-refractivity contribution in [3.63, 3.8) is 0 Å². The lowest BCUT2D eigenvalue weighted by Gasteiger charge is -2.34. The molecule has 144 valence electrons. The van der Waals surface area contributed by atoms with E-state index in [4.69, 9.17) is 0 Å². The Bertz CT molecular complexity index is 735. The van der Waals surface area contributed by atoms with Gasteiger partial charge in [0.1, 0.15) is 6.04 Å². The van der Waals surface area contributed by atoms with E-state index in [9.17, 15) is 13.2 Å². The van der Waals surface area contributed by atoms with Crippen LogP contribution in [0.25, 0.3) is 0 Å². The molecule has 1 aromatic rings. The molecule has 0 saturated carbocycles. The minimum absolute atomic E-state index is 0.0169. The van der Waals surface area contributed by atoms with Crippen LogP contribution in [0.15, 0.2) is 29.2 Å². The Balaban J connectivity index is 1.79. The predicted octanol–water partition coefficient (Wildman–Crippen LogP) is 3.22. The summed E-state index contributed by atoms with van der Waals surface area (Å²) in [5.74, 6) is 0.980. The molecule has 1 amide bonds. The summed E-state index contributed by atoms with van der Waals surface area (Å²) in [6.45, 7) is 8.28. The fourth-order valence-electron chi connectivity index (χ4n) is 3.87. The van der Waals surface area contributed by atoms with Crippen molar-refractivity contribution in [2.45, 2.75) is 63.3 Å². The number of benzene rings is 1. The highest BCUT2D eigenvalue weighted by Crippen LogP contribution is 2.29. The number of carbonyl (C=O) groups is 1. The maximum absolute atomic E-state index is 13.1. The molecule has 6 heteroatoms. The second kappa shape index (κ2) is 7.69. The summed E-state index contributed by atoms with van der Waals surface area (Å²) < 4.78 is 27.7. The maximum Gasteiger partial charge on any atom is 0.243 e. The first kappa shape index (κ1) is 19.4. The number of nitrogens with zero attached hydrogens (tertiary/aromatic N) is 2. The quantitative estimate of drug-likeness (QED) is 0.808. The third-order valence-electron chi connectivity index (χ3n) is 5.74. The minimum atomic E-state index is -3.64. The zero-order chi connectivity index (χ0) is 18.9. The van der Waals surface area contributed by atoms with Gasteiger partial charge in [-0.1, -0.05) is 32.9 Å². The number of rotatable bonds is 4. The van der Waals surface area contributed by atoms with Gasteiger partial charge in [-0.3, -0.25) is 4.79 Å². The first-order valence-corrected chi connectivity index (χ1v) is 11.2. The third-order valence-corrected chi connectivity index (χ3v) is 7.66. The van der Waals surface area contributed by atoms with Crippen molar-refractivity contribution in [3.8, 4) is 0 Å². The van der Waals surface area contributed by atoms with Crippen LogP contribution in [0.4, 0.5) is 0 Å². The summed E-state index contributed by atoms with van der Waals surface area (Å²) in [5.41, 5.74) is 1.11. The lowest BCUT2D eigenvalue weighted by atomic mass is 9.98. The average molecular weight is 379 g/mol. The van der Waals surface area contributed by atoms with E-state index in [2.05, 4.69) is 20.8 Å². The van der Waals surface area contributed by atoms with Gasteiger partial charge in [-0.25, -0.2) is 8.42 Å². The molecule has 2 saturated heterocycles. The molecule has 1 atom stereocenters. The molecule has 2 fully saturated rings. The van der Waals surface area contributed by atoms with E-state index in [1.807, 2.05) is 17.0 Å². The molecule has 26 heavy (non-hydrogen) atoms. The lowest BCUT2D eigenvalue weighted by Crippen LogP contribution is -2.49. The molecule has 3 rings (SSSR count). The van der Waals surface area contributed by atoms with Crippen LogP contribution >= 0.6 is 0 Å². The van der Waals surface area contributed by atoms with Crippen molar-refractivity contribution in [1.82, 2.24) is 9.21 Å². The van der Waals surface area contributed by atoms with Crippen LogP contribution in [0, 0.1) is 5.92 Å². The van der Waals surface area contributed by atoms with E-state index in [1.54, 1.807) is 12.1 Å². The second-order valence-corrected chi connectivity index (χ2v) is 9.90. The average Bonchev–Trinajstić information content (AvgIpc) is 3.12. The van der Waals surface area contributed by atoms with Crippen LogP contribution in [-0.4, -0.2) is 49.2 Å². The van der Waals surface area contributed by atoms with Crippen molar-refractivity contribution >= 4 is 15.9 Å². The summed E-state index contributed by atoms with van der Waals surface area (Å²) in [4.78, 5) is 15.1. The number of likely N-dealkylation sites (tertiary alicyclic amines) is 1. The Kier molecular flexibility index (Phi) is 5.72. The number of piperidine rings is 1. The number of carbonyl (C=O) groups excluding carboxylic acids is 1. The van der Waals surface area contributed by atoms with Crippen molar-refractivity contribution in [2.24, 2.45) is 5.92 Å². The molecule has 0 aliphatic carbocycles. The molecule has 5 nitrogen and oxygen atoms in total. The summed E-state index contributed by atoms with van der Waals surface area (Å²) in [7, 11) is -3.64. The molecule has 0 unspecified atom stereocenters. The Morgan fingerprint density at radius 3 is 2.23 bits per heavy atom. The molecule has 0 N–H and O–H groups in total. The molecule has 0 bridgehead atoms. The zero-order valence-corrected chi connectivity index (χ0v) is 16.8. The fraction of sp³-hybridized carbons (Fsp3) is 0.650. The highest BCUT2D eigenvalue weighted by molar-refractivity contribution is 7.89. The molecule has 0 spiro atoms. The number of amides is 1. The van der Waals surface area contributed by atoms with Crippen molar-refractivity contribution < 1.29 is 13.2 Å². The van der Waals surface area contributed by atoms with Gasteiger partial charge in [0.25, 0.3) is 0 Å². The smallest absolute Gasteiger partial charge is 0.243 e. The van der Waals surface area contributed by atoms with Crippen LogP contribution in [0.5, 0.6) is 0 Å². The van der Waals surface area contributed by atoms with Crippen molar-refractivity contribution in [1.29, 1.82) is 0 Å². The molecule has 2 aliphatic rings. The molecule has 1 aromatic carbocycles. The largest absolute Gasteiger partial charge is 0.341 e. The van der Waals surface area contributed by atoms with Gasteiger partial charge in [0, 0.05) is 19.6 Å². The first-order valence-electron chi connectivity index (χ1n) is 9.71. The number of hydrogen-bond acceptors (Lipinski definition) is 3. The first-order chi connectivity index (χ1) is 12.3. The van der Waals surface area contributed by atoms with Gasteiger partial charge in [0.05, 0.1) is 4.90 Å². The Morgan fingerprint density at radius 2 is 1.65 bits per heavy atom. The summed E-state index contributed by atoms with van der Waals surface area (Å²) in [5, 5.41) is 0. The summed E-state index contributed by atoms with van der Waals surface area (Å²) in [6.07, 6.45) is 3.36. The van der Waals surface area contributed by atoms with Gasteiger partial charge in [0.2, 0.25) is 15.9 Å². The SMILES string of the molecule is CC1CCN(C(=O)[C@H]2CCCN2S(=O)(=O)c2ccc(C(C)C)cc2)CC1. The molecule has 0 aromatic heterocycles. The number of sulfonamides is 1. The van der Waals surface area contributed by atoms with E-state index < -0.39 is 16.1 Å². The maximum atomic E-state index is 13.1. The minimum Gasteiger partial charge on any atom is -0.341 e.